The van der Waals surface area contributed by atoms with E-state index in [1.165, 1.54) is 18.4 Å². The van der Waals surface area contributed by atoms with Crippen molar-refractivity contribution in [2.24, 2.45) is 0 Å². The minimum absolute atomic E-state index is 0.410. The Hall–Kier alpha value is -2.95. The van der Waals surface area contributed by atoms with Crippen molar-refractivity contribution in [2.75, 3.05) is 6.61 Å². The van der Waals surface area contributed by atoms with Crippen LogP contribution in [0.1, 0.15) is 50.7 Å². The zero-order chi connectivity index (χ0) is 20.3. The second kappa shape index (κ2) is 11.1. The molecule has 0 aliphatic rings. The fraction of sp³-hybridized carbons (Fsp3) is 0.375. The SMILES string of the molecule is CCCCCCOc1nnnc(-c2ccccc2CC)c1OCc1ccccc1. The highest BCUT2D eigenvalue weighted by molar-refractivity contribution is 5.71. The van der Waals surface area contributed by atoms with Crippen LogP contribution in [0.25, 0.3) is 11.3 Å². The highest BCUT2D eigenvalue weighted by Crippen LogP contribution is 2.36. The van der Waals surface area contributed by atoms with Gasteiger partial charge in [0.2, 0.25) is 5.75 Å². The minimum Gasteiger partial charge on any atom is -0.481 e. The number of benzene rings is 2. The van der Waals surface area contributed by atoms with Crippen molar-refractivity contribution in [3.05, 3.63) is 65.7 Å². The van der Waals surface area contributed by atoms with Crippen molar-refractivity contribution in [3.8, 4) is 22.9 Å². The number of unbranched alkanes of at least 4 members (excludes halogenated alkanes) is 3. The molecule has 1 heterocycles. The molecule has 0 N–H and O–H groups in total. The number of hydrogen-bond donors (Lipinski definition) is 0. The molecule has 2 aromatic carbocycles. The van der Waals surface area contributed by atoms with Crippen LogP contribution in [0.2, 0.25) is 0 Å². The van der Waals surface area contributed by atoms with Crippen LogP contribution in [-0.4, -0.2) is 22.0 Å². The molecule has 5 heteroatoms. The van der Waals surface area contributed by atoms with Gasteiger partial charge in [0.05, 0.1) is 6.61 Å². The summed E-state index contributed by atoms with van der Waals surface area (Å²) < 4.78 is 12.2. The molecule has 0 spiro atoms. The van der Waals surface area contributed by atoms with Crippen molar-refractivity contribution >= 4 is 0 Å². The lowest BCUT2D eigenvalue weighted by Crippen LogP contribution is -2.08. The third-order valence-electron chi connectivity index (χ3n) is 4.81. The molecule has 0 atom stereocenters. The van der Waals surface area contributed by atoms with E-state index in [9.17, 15) is 0 Å². The van der Waals surface area contributed by atoms with Crippen molar-refractivity contribution in [3.63, 3.8) is 0 Å². The normalized spacial score (nSPS) is 10.7. The van der Waals surface area contributed by atoms with Gasteiger partial charge in [-0.05, 0) is 29.2 Å². The highest BCUT2D eigenvalue weighted by Gasteiger charge is 2.19. The summed E-state index contributed by atoms with van der Waals surface area (Å²) in [6.07, 6.45) is 5.42. The van der Waals surface area contributed by atoms with Gasteiger partial charge in [0.15, 0.2) is 0 Å². The maximum absolute atomic E-state index is 6.20. The van der Waals surface area contributed by atoms with Gasteiger partial charge < -0.3 is 9.47 Å². The topological polar surface area (TPSA) is 57.1 Å². The third kappa shape index (κ3) is 5.76. The molecule has 0 amide bonds. The van der Waals surface area contributed by atoms with E-state index in [1.807, 2.05) is 48.5 Å². The number of hydrogen-bond acceptors (Lipinski definition) is 5. The molecule has 5 nitrogen and oxygen atoms in total. The van der Waals surface area contributed by atoms with Crippen molar-refractivity contribution in [1.82, 2.24) is 15.4 Å². The van der Waals surface area contributed by atoms with Crippen molar-refractivity contribution < 1.29 is 9.47 Å². The Balaban J connectivity index is 1.88. The van der Waals surface area contributed by atoms with E-state index in [1.54, 1.807) is 0 Å². The lowest BCUT2D eigenvalue weighted by atomic mass is 10.0. The van der Waals surface area contributed by atoms with Gasteiger partial charge in [0, 0.05) is 5.56 Å². The summed E-state index contributed by atoms with van der Waals surface area (Å²) in [6, 6.07) is 18.2. The van der Waals surface area contributed by atoms with Crippen molar-refractivity contribution in [1.29, 1.82) is 0 Å². The van der Waals surface area contributed by atoms with Gasteiger partial charge in [-0.1, -0.05) is 92.8 Å². The average molecular weight is 392 g/mol. The van der Waals surface area contributed by atoms with Gasteiger partial charge >= 0.3 is 0 Å². The first-order chi connectivity index (χ1) is 14.3. The zero-order valence-electron chi connectivity index (χ0n) is 17.3. The van der Waals surface area contributed by atoms with Gasteiger partial charge in [-0.3, -0.25) is 0 Å². The van der Waals surface area contributed by atoms with Crippen molar-refractivity contribution in [2.45, 2.75) is 52.6 Å². The first-order valence-electron chi connectivity index (χ1n) is 10.4. The molecule has 0 fully saturated rings. The molecule has 0 unspecified atom stereocenters. The van der Waals surface area contributed by atoms with Gasteiger partial charge in [-0.15, -0.1) is 5.10 Å². The summed E-state index contributed by atoms with van der Waals surface area (Å²) in [5.41, 5.74) is 3.94. The number of aryl methyl sites for hydroxylation is 1. The maximum Gasteiger partial charge on any atom is 0.280 e. The summed E-state index contributed by atoms with van der Waals surface area (Å²) in [6.45, 7) is 5.34. The smallest absolute Gasteiger partial charge is 0.280 e. The van der Waals surface area contributed by atoms with E-state index >= 15 is 0 Å². The number of ether oxygens (including phenoxy) is 2. The molecule has 0 aliphatic heterocycles. The number of nitrogens with zero attached hydrogens (tertiary/aromatic N) is 3. The Morgan fingerprint density at radius 2 is 1.59 bits per heavy atom. The fourth-order valence-corrected chi connectivity index (χ4v) is 3.19. The molecule has 1 aromatic heterocycles. The van der Waals surface area contributed by atoms with Crippen LogP contribution in [0.15, 0.2) is 54.6 Å². The van der Waals surface area contributed by atoms with E-state index in [2.05, 4.69) is 35.3 Å². The summed E-state index contributed by atoms with van der Waals surface area (Å²) in [5, 5.41) is 12.4. The second-order valence-corrected chi connectivity index (χ2v) is 6.97. The van der Waals surface area contributed by atoms with E-state index in [0.29, 0.717) is 30.5 Å². The molecule has 0 saturated carbocycles. The molecule has 0 radical (unpaired) electrons. The van der Waals surface area contributed by atoms with Crippen LogP contribution in [0.4, 0.5) is 0 Å². The minimum atomic E-state index is 0.410. The summed E-state index contributed by atoms with van der Waals surface area (Å²) in [4.78, 5) is 0. The Kier molecular flexibility index (Phi) is 7.99. The maximum atomic E-state index is 6.20. The molecule has 0 aliphatic carbocycles. The third-order valence-corrected chi connectivity index (χ3v) is 4.81. The lowest BCUT2D eigenvalue weighted by Gasteiger charge is -2.15. The summed E-state index contributed by atoms with van der Waals surface area (Å²) >= 11 is 0. The first kappa shape index (κ1) is 20.8. The molecule has 29 heavy (non-hydrogen) atoms. The second-order valence-electron chi connectivity index (χ2n) is 6.97. The fourth-order valence-electron chi connectivity index (χ4n) is 3.19. The molecular formula is C24H29N3O2. The van der Waals surface area contributed by atoms with Crippen LogP contribution in [0.5, 0.6) is 11.6 Å². The van der Waals surface area contributed by atoms with E-state index in [-0.39, 0.29) is 0 Å². The summed E-state index contributed by atoms with van der Waals surface area (Å²) in [7, 11) is 0. The highest BCUT2D eigenvalue weighted by atomic mass is 16.5. The predicted molar refractivity (Wildman–Crippen MR) is 115 cm³/mol. The Labute approximate surface area is 173 Å². The number of rotatable bonds is 11. The quantitative estimate of drug-likeness (QED) is 0.396. The van der Waals surface area contributed by atoms with Crippen LogP contribution >= 0.6 is 0 Å². The van der Waals surface area contributed by atoms with E-state index < -0.39 is 0 Å². The van der Waals surface area contributed by atoms with E-state index in [4.69, 9.17) is 9.47 Å². The molecule has 0 bridgehead atoms. The Morgan fingerprint density at radius 3 is 2.38 bits per heavy atom. The molecular weight excluding hydrogens is 362 g/mol. The van der Waals surface area contributed by atoms with Gasteiger partial charge in [-0.2, -0.15) is 0 Å². The molecule has 152 valence electrons. The van der Waals surface area contributed by atoms with E-state index in [0.717, 1.165) is 30.4 Å². The zero-order valence-corrected chi connectivity index (χ0v) is 17.3. The van der Waals surface area contributed by atoms with Gasteiger partial charge in [-0.25, -0.2) is 0 Å². The van der Waals surface area contributed by atoms with Crippen LogP contribution in [0.3, 0.4) is 0 Å². The Morgan fingerprint density at radius 1 is 0.793 bits per heavy atom. The first-order valence-corrected chi connectivity index (χ1v) is 10.4. The average Bonchev–Trinajstić information content (AvgIpc) is 2.78. The van der Waals surface area contributed by atoms with Crippen LogP contribution in [0, 0.1) is 0 Å². The molecule has 3 rings (SSSR count). The lowest BCUT2D eigenvalue weighted by molar-refractivity contribution is 0.244. The number of aromatic nitrogens is 3. The summed E-state index contributed by atoms with van der Waals surface area (Å²) in [5.74, 6) is 0.966. The van der Waals surface area contributed by atoms with Gasteiger partial charge in [0.25, 0.3) is 5.88 Å². The molecule has 3 aromatic rings. The largest absolute Gasteiger partial charge is 0.481 e. The monoisotopic (exact) mass is 391 g/mol. The molecule has 0 saturated heterocycles. The Bertz CT molecular complexity index is 884. The predicted octanol–water partition coefficient (Wildman–Crippen LogP) is 5.64. The van der Waals surface area contributed by atoms with Crippen LogP contribution in [-0.2, 0) is 13.0 Å². The standard InChI is InChI=1S/C24H29N3O2/c1-3-5-6-12-17-28-24-23(29-18-19-13-8-7-9-14-19)22(25-27-26-24)21-16-11-10-15-20(21)4-2/h7-11,13-16H,3-6,12,17-18H2,1-2H3. The van der Waals surface area contributed by atoms with Gasteiger partial charge in [0.1, 0.15) is 12.3 Å². The van der Waals surface area contributed by atoms with Crippen LogP contribution < -0.4 is 9.47 Å².